The average Bonchev–Trinajstić information content (AvgIpc) is 2.61. The number of benzene rings is 1. The molecule has 2 aromatic rings. The topological polar surface area (TPSA) is 57.9 Å². The monoisotopic (exact) mass is 305 g/mol. The summed E-state index contributed by atoms with van der Waals surface area (Å²) < 4.78 is 5.15. The van der Waals surface area contributed by atoms with Gasteiger partial charge in [-0.05, 0) is 30.7 Å². The summed E-state index contributed by atoms with van der Waals surface area (Å²) in [6.45, 7) is 2.63. The van der Waals surface area contributed by atoms with Crippen LogP contribution in [-0.4, -0.2) is 12.1 Å². The lowest BCUT2D eigenvalue weighted by atomic mass is 10.1. The number of anilines is 1. The highest BCUT2D eigenvalue weighted by molar-refractivity contribution is 5.67. The smallest absolute Gasteiger partial charge is 0.141 e. The van der Waals surface area contributed by atoms with Crippen LogP contribution in [-0.2, 0) is 6.54 Å². The highest BCUT2D eigenvalue weighted by Gasteiger charge is 2.03. The lowest BCUT2D eigenvalue weighted by Gasteiger charge is -2.10. The van der Waals surface area contributed by atoms with E-state index in [1.54, 1.807) is 19.4 Å². The van der Waals surface area contributed by atoms with E-state index in [2.05, 4.69) is 16.4 Å². The van der Waals surface area contributed by atoms with Crippen molar-refractivity contribution in [3.8, 4) is 11.8 Å². The molecule has 0 atom stereocenters. The molecule has 1 aromatic carbocycles. The number of aromatic nitrogens is 1. The summed E-state index contributed by atoms with van der Waals surface area (Å²) in [4.78, 5) is 4.13. The van der Waals surface area contributed by atoms with Gasteiger partial charge in [-0.2, -0.15) is 5.26 Å². The molecule has 0 aliphatic rings. The van der Waals surface area contributed by atoms with Crippen LogP contribution in [0.3, 0.4) is 0 Å². The van der Waals surface area contributed by atoms with Gasteiger partial charge < -0.3 is 10.1 Å². The molecule has 0 aliphatic heterocycles. The molecule has 1 aromatic heterocycles. The Morgan fingerprint density at radius 2 is 2.04 bits per heavy atom. The molecule has 23 heavy (non-hydrogen) atoms. The second-order valence-electron chi connectivity index (χ2n) is 4.86. The largest absolute Gasteiger partial charge is 0.497 e. The molecule has 4 nitrogen and oxygen atoms in total. The number of rotatable bonds is 6. The van der Waals surface area contributed by atoms with Gasteiger partial charge in [0.2, 0.25) is 0 Å². The summed E-state index contributed by atoms with van der Waals surface area (Å²) in [5.74, 6) is 0.837. The molecular weight excluding hydrogens is 286 g/mol. The van der Waals surface area contributed by atoms with Crippen LogP contribution in [0.2, 0.25) is 0 Å². The zero-order chi connectivity index (χ0) is 16.5. The van der Waals surface area contributed by atoms with E-state index in [0.717, 1.165) is 22.6 Å². The maximum Gasteiger partial charge on any atom is 0.141 e. The van der Waals surface area contributed by atoms with E-state index in [0.29, 0.717) is 12.2 Å². The standard InChI is InChI=1S/C19H19N3O/c1-3-4-5-6-16-11-17(12-20)21-14-19(16)22-13-15-7-9-18(23-2)10-8-15/h3-11,14,22H,13H2,1-2H3/b4-3-,6-5-. The Morgan fingerprint density at radius 1 is 1.26 bits per heavy atom. The Labute approximate surface area is 136 Å². The Hall–Kier alpha value is -3.06. The van der Waals surface area contributed by atoms with E-state index in [1.807, 2.05) is 55.5 Å². The van der Waals surface area contributed by atoms with E-state index in [9.17, 15) is 0 Å². The predicted octanol–water partition coefficient (Wildman–Crippen LogP) is 4.16. The van der Waals surface area contributed by atoms with Crippen molar-refractivity contribution in [3.63, 3.8) is 0 Å². The van der Waals surface area contributed by atoms with Crippen molar-refractivity contribution in [2.45, 2.75) is 13.5 Å². The number of hydrogen-bond donors (Lipinski definition) is 1. The van der Waals surface area contributed by atoms with Crippen LogP contribution in [0.15, 0.2) is 54.8 Å². The number of nitrogens with zero attached hydrogens (tertiary/aromatic N) is 2. The molecule has 0 saturated carbocycles. The summed E-state index contributed by atoms with van der Waals surface area (Å²) in [5.41, 5.74) is 3.36. The fourth-order valence-electron chi connectivity index (χ4n) is 2.03. The third kappa shape index (κ3) is 4.72. The second-order valence-corrected chi connectivity index (χ2v) is 4.86. The number of nitriles is 1. The van der Waals surface area contributed by atoms with E-state index in [-0.39, 0.29) is 0 Å². The zero-order valence-corrected chi connectivity index (χ0v) is 13.3. The van der Waals surface area contributed by atoms with Gasteiger partial charge in [0, 0.05) is 12.1 Å². The number of ether oxygens (including phenoxy) is 1. The van der Waals surface area contributed by atoms with Gasteiger partial charge in [-0.25, -0.2) is 4.98 Å². The first-order valence-corrected chi connectivity index (χ1v) is 7.33. The molecule has 116 valence electrons. The van der Waals surface area contributed by atoms with Gasteiger partial charge in [-0.15, -0.1) is 0 Å². The third-order valence-corrected chi connectivity index (χ3v) is 3.27. The van der Waals surface area contributed by atoms with E-state index in [4.69, 9.17) is 10.00 Å². The Kier molecular flexibility index (Phi) is 5.96. The molecule has 0 bridgehead atoms. The van der Waals surface area contributed by atoms with Crippen LogP contribution in [0.25, 0.3) is 6.08 Å². The minimum Gasteiger partial charge on any atom is -0.497 e. The summed E-state index contributed by atoms with van der Waals surface area (Å²) in [5, 5.41) is 12.4. The molecule has 1 heterocycles. The second kappa shape index (κ2) is 8.40. The van der Waals surface area contributed by atoms with Crippen LogP contribution >= 0.6 is 0 Å². The summed E-state index contributed by atoms with van der Waals surface area (Å²) in [6, 6.07) is 11.7. The van der Waals surface area contributed by atoms with Gasteiger partial charge in [-0.1, -0.05) is 36.4 Å². The van der Waals surface area contributed by atoms with Crippen LogP contribution in [0, 0.1) is 11.3 Å². The fraction of sp³-hybridized carbons (Fsp3) is 0.158. The van der Waals surface area contributed by atoms with Crippen LogP contribution < -0.4 is 10.1 Å². The van der Waals surface area contributed by atoms with Gasteiger partial charge in [0.05, 0.1) is 19.0 Å². The van der Waals surface area contributed by atoms with E-state index >= 15 is 0 Å². The molecule has 0 amide bonds. The summed E-state index contributed by atoms with van der Waals surface area (Å²) >= 11 is 0. The van der Waals surface area contributed by atoms with Crippen molar-refractivity contribution >= 4 is 11.8 Å². The van der Waals surface area contributed by atoms with Gasteiger partial charge in [-0.3, -0.25) is 0 Å². The molecule has 0 radical (unpaired) electrons. The SMILES string of the molecule is C/C=C\C=C/c1cc(C#N)ncc1NCc1ccc(OC)cc1. The predicted molar refractivity (Wildman–Crippen MR) is 93.1 cm³/mol. The minimum absolute atomic E-state index is 0.403. The van der Waals surface area contributed by atoms with Gasteiger partial charge in [0.1, 0.15) is 17.5 Å². The molecule has 0 fully saturated rings. The van der Waals surface area contributed by atoms with Crippen molar-refractivity contribution in [1.29, 1.82) is 5.26 Å². The Bertz CT molecular complexity index is 740. The average molecular weight is 305 g/mol. The maximum absolute atomic E-state index is 9.00. The fourth-order valence-corrected chi connectivity index (χ4v) is 2.03. The lowest BCUT2D eigenvalue weighted by Crippen LogP contribution is -2.02. The lowest BCUT2D eigenvalue weighted by molar-refractivity contribution is 0.414. The molecular formula is C19H19N3O. The van der Waals surface area contributed by atoms with Crippen molar-refractivity contribution in [2.75, 3.05) is 12.4 Å². The number of methoxy groups -OCH3 is 1. The Balaban J connectivity index is 2.15. The van der Waals surface area contributed by atoms with Gasteiger partial charge >= 0.3 is 0 Å². The molecule has 0 spiro atoms. The van der Waals surface area contributed by atoms with Crippen LogP contribution in [0.4, 0.5) is 5.69 Å². The molecule has 4 heteroatoms. The van der Waals surface area contributed by atoms with Crippen LogP contribution in [0.5, 0.6) is 5.75 Å². The molecule has 0 saturated heterocycles. The van der Waals surface area contributed by atoms with E-state index in [1.165, 1.54) is 0 Å². The number of hydrogen-bond acceptors (Lipinski definition) is 4. The van der Waals surface area contributed by atoms with E-state index < -0.39 is 0 Å². The number of allylic oxidation sites excluding steroid dienone is 3. The highest BCUT2D eigenvalue weighted by Crippen LogP contribution is 2.19. The number of nitrogens with one attached hydrogen (secondary N) is 1. The molecule has 0 unspecified atom stereocenters. The highest BCUT2D eigenvalue weighted by atomic mass is 16.5. The van der Waals surface area contributed by atoms with Crippen molar-refractivity contribution in [2.24, 2.45) is 0 Å². The van der Waals surface area contributed by atoms with Crippen LogP contribution in [0.1, 0.15) is 23.7 Å². The quantitative estimate of drug-likeness (QED) is 0.814. The molecule has 1 N–H and O–H groups in total. The normalized spacial score (nSPS) is 10.8. The summed E-state index contributed by atoms with van der Waals surface area (Å²) in [7, 11) is 1.65. The van der Waals surface area contributed by atoms with Crippen molar-refractivity contribution in [1.82, 2.24) is 4.98 Å². The maximum atomic E-state index is 9.00. The first kappa shape index (κ1) is 16.3. The number of pyridine rings is 1. The third-order valence-electron chi connectivity index (χ3n) is 3.27. The molecule has 2 rings (SSSR count). The van der Waals surface area contributed by atoms with Crippen molar-refractivity contribution < 1.29 is 4.74 Å². The first-order valence-electron chi connectivity index (χ1n) is 7.33. The first-order chi connectivity index (χ1) is 11.3. The van der Waals surface area contributed by atoms with Gasteiger partial charge in [0.15, 0.2) is 0 Å². The van der Waals surface area contributed by atoms with Gasteiger partial charge in [0.25, 0.3) is 0 Å². The zero-order valence-electron chi connectivity index (χ0n) is 13.3. The van der Waals surface area contributed by atoms with Crippen molar-refractivity contribution in [3.05, 3.63) is 71.6 Å². The summed E-state index contributed by atoms with van der Waals surface area (Å²) in [6.07, 6.45) is 9.48. The minimum atomic E-state index is 0.403. The Morgan fingerprint density at radius 3 is 2.70 bits per heavy atom. The molecule has 0 aliphatic carbocycles.